The zero-order chi connectivity index (χ0) is 48.5. The number of carbonyl (C=O) groups excluding carboxylic acids is 2. The minimum Gasteiger partial charge on any atom is -0.462 e. The topological polar surface area (TPSA) is 108 Å². The van der Waals surface area contributed by atoms with Crippen LogP contribution >= 0.6 is 7.82 Å². The number of allylic oxidation sites excluding steroid dienone is 2. The van der Waals surface area contributed by atoms with Gasteiger partial charge in [0.25, 0.3) is 0 Å². The highest BCUT2D eigenvalue weighted by Crippen LogP contribution is 2.43. The fourth-order valence-electron chi connectivity index (χ4n) is 8.37. The number of likely N-dealkylation sites (N-methyl/N-ethyl adjacent to an activating group) is 1. The van der Waals surface area contributed by atoms with Crippen LogP contribution in [0.4, 0.5) is 0 Å². The molecule has 0 aliphatic rings. The smallest absolute Gasteiger partial charge is 0.462 e. The number of quaternary nitrogens is 1. The third-order valence-electron chi connectivity index (χ3n) is 12.8. The van der Waals surface area contributed by atoms with Crippen molar-refractivity contribution in [2.45, 2.75) is 290 Å². The van der Waals surface area contributed by atoms with Crippen molar-refractivity contribution >= 4 is 19.8 Å². The van der Waals surface area contributed by atoms with Crippen LogP contribution in [0.25, 0.3) is 0 Å². The minimum atomic E-state index is -4.38. The molecule has 0 aromatic rings. The van der Waals surface area contributed by atoms with E-state index >= 15 is 0 Å². The van der Waals surface area contributed by atoms with Crippen molar-refractivity contribution in [2.24, 2.45) is 0 Å². The van der Waals surface area contributed by atoms with Crippen LogP contribution in [0.3, 0.4) is 0 Å². The van der Waals surface area contributed by atoms with Crippen LogP contribution in [0.1, 0.15) is 284 Å². The maximum absolute atomic E-state index is 12.8. The monoisotopic (exact) mass is 957 g/mol. The Morgan fingerprint density at radius 1 is 0.455 bits per heavy atom. The standard InChI is InChI=1S/C56H110NO8P/c1-6-8-10-12-14-16-18-20-22-23-24-25-26-27-28-29-30-31-32-33-35-37-39-41-43-45-47-49-56(59)65-54(53-64-66(60,61)63-51-50-57(3,4)5)52-62-55(58)48-46-44-42-40-38-36-34-21-19-17-15-13-11-9-7-2/h23-24,54H,6-22,25-53H2,1-5H3/p+1/b24-23-. The van der Waals surface area contributed by atoms with Crippen LogP contribution < -0.4 is 0 Å². The van der Waals surface area contributed by atoms with Crippen LogP contribution in [0.5, 0.6) is 0 Å². The Labute approximate surface area is 409 Å². The Morgan fingerprint density at radius 3 is 1.12 bits per heavy atom. The molecule has 0 amide bonds. The number of unbranched alkanes of at least 4 members (excludes halogenated alkanes) is 37. The number of esters is 2. The van der Waals surface area contributed by atoms with Crippen molar-refractivity contribution < 1.29 is 42.1 Å². The Hall–Kier alpha value is -1.25. The number of nitrogens with zero attached hydrogens (tertiary/aromatic N) is 1. The van der Waals surface area contributed by atoms with E-state index in [1.807, 2.05) is 21.1 Å². The van der Waals surface area contributed by atoms with E-state index in [0.29, 0.717) is 23.9 Å². The van der Waals surface area contributed by atoms with Gasteiger partial charge in [0.2, 0.25) is 0 Å². The van der Waals surface area contributed by atoms with Gasteiger partial charge >= 0.3 is 19.8 Å². The largest absolute Gasteiger partial charge is 0.472 e. The zero-order valence-electron chi connectivity index (χ0n) is 44.5. The van der Waals surface area contributed by atoms with Gasteiger partial charge in [0.15, 0.2) is 6.10 Å². The summed E-state index contributed by atoms with van der Waals surface area (Å²) in [5, 5.41) is 0. The molecular weight excluding hydrogens is 846 g/mol. The van der Waals surface area contributed by atoms with Crippen molar-refractivity contribution in [2.75, 3.05) is 47.5 Å². The molecule has 1 N–H and O–H groups in total. The Bertz CT molecular complexity index is 1130. The number of hydrogen-bond donors (Lipinski definition) is 1. The summed E-state index contributed by atoms with van der Waals surface area (Å²) in [6.45, 7) is 4.48. The molecule has 0 aliphatic heterocycles. The van der Waals surface area contributed by atoms with Gasteiger partial charge in [-0.05, 0) is 38.5 Å². The lowest BCUT2D eigenvalue weighted by Crippen LogP contribution is -2.37. The molecule has 0 bridgehead atoms. The van der Waals surface area contributed by atoms with Gasteiger partial charge < -0.3 is 18.9 Å². The van der Waals surface area contributed by atoms with E-state index < -0.39 is 26.5 Å². The lowest BCUT2D eigenvalue weighted by atomic mass is 10.0. The van der Waals surface area contributed by atoms with Gasteiger partial charge in [-0.1, -0.05) is 244 Å². The van der Waals surface area contributed by atoms with Crippen molar-refractivity contribution in [1.29, 1.82) is 0 Å². The second kappa shape index (κ2) is 48.8. The molecule has 2 unspecified atom stereocenters. The second-order valence-electron chi connectivity index (χ2n) is 20.7. The number of carbonyl (C=O) groups is 2. The normalized spacial score (nSPS) is 13.4. The quantitative estimate of drug-likeness (QED) is 0.0211. The number of hydrogen-bond acceptors (Lipinski definition) is 7. The molecule has 2 atom stereocenters. The molecule has 0 radical (unpaired) electrons. The van der Waals surface area contributed by atoms with Gasteiger partial charge in [-0.2, -0.15) is 0 Å². The van der Waals surface area contributed by atoms with Crippen LogP contribution in [0.2, 0.25) is 0 Å². The summed E-state index contributed by atoms with van der Waals surface area (Å²) in [6.07, 6.45) is 55.6. The fraction of sp³-hybridized carbons (Fsp3) is 0.929. The molecule has 0 rings (SSSR count). The molecular formula is C56H111NO8P+. The van der Waals surface area contributed by atoms with E-state index in [1.165, 1.54) is 218 Å². The maximum atomic E-state index is 12.8. The molecule has 0 fully saturated rings. The van der Waals surface area contributed by atoms with Crippen molar-refractivity contribution in [1.82, 2.24) is 0 Å². The summed E-state index contributed by atoms with van der Waals surface area (Å²) in [6, 6.07) is 0. The first-order valence-electron chi connectivity index (χ1n) is 28.4. The summed E-state index contributed by atoms with van der Waals surface area (Å²) in [7, 11) is 1.50. The van der Waals surface area contributed by atoms with Gasteiger partial charge in [-0.15, -0.1) is 0 Å². The molecule has 10 heteroatoms. The molecule has 392 valence electrons. The van der Waals surface area contributed by atoms with Crippen LogP contribution in [0.15, 0.2) is 12.2 Å². The van der Waals surface area contributed by atoms with Gasteiger partial charge in [0.1, 0.15) is 19.8 Å². The molecule has 0 aromatic carbocycles. The molecule has 0 saturated carbocycles. The molecule has 0 saturated heterocycles. The molecule has 0 aromatic heterocycles. The summed E-state index contributed by atoms with van der Waals surface area (Å²) >= 11 is 0. The first-order valence-corrected chi connectivity index (χ1v) is 29.9. The predicted molar refractivity (Wildman–Crippen MR) is 280 cm³/mol. The second-order valence-corrected chi connectivity index (χ2v) is 22.1. The fourth-order valence-corrected chi connectivity index (χ4v) is 9.11. The first kappa shape index (κ1) is 64.8. The number of phosphoric acid groups is 1. The highest BCUT2D eigenvalue weighted by Gasteiger charge is 2.27. The van der Waals surface area contributed by atoms with Crippen molar-refractivity contribution in [3.63, 3.8) is 0 Å². The third kappa shape index (κ3) is 52.1. The number of rotatable bonds is 53. The molecule has 66 heavy (non-hydrogen) atoms. The van der Waals surface area contributed by atoms with Gasteiger partial charge in [0.05, 0.1) is 27.7 Å². The van der Waals surface area contributed by atoms with E-state index in [9.17, 15) is 19.0 Å². The molecule has 0 heterocycles. The molecule has 0 aliphatic carbocycles. The highest BCUT2D eigenvalue weighted by atomic mass is 31.2. The summed E-state index contributed by atoms with van der Waals surface area (Å²) in [4.78, 5) is 35.6. The van der Waals surface area contributed by atoms with E-state index in [4.69, 9.17) is 18.5 Å². The highest BCUT2D eigenvalue weighted by molar-refractivity contribution is 7.47. The average molecular weight is 957 g/mol. The van der Waals surface area contributed by atoms with E-state index in [0.717, 1.165) is 32.1 Å². The minimum absolute atomic E-state index is 0.0359. The van der Waals surface area contributed by atoms with Crippen LogP contribution in [0, 0.1) is 0 Å². The Kier molecular flexibility index (Phi) is 47.8. The van der Waals surface area contributed by atoms with Gasteiger partial charge in [-0.3, -0.25) is 18.6 Å². The Morgan fingerprint density at radius 2 is 0.773 bits per heavy atom. The lowest BCUT2D eigenvalue weighted by Gasteiger charge is -2.24. The van der Waals surface area contributed by atoms with Crippen LogP contribution in [-0.2, 0) is 32.7 Å². The van der Waals surface area contributed by atoms with Crippen molar-refractivity contribution in [3.05, 3.63) is 12.2 Å². The van der Waals surface area contributed by atoms with E-state index in [1.54, 1.807) is 0 Å². The summed E-state index contributed by atoms with van der Waals surface area (Å²) in [5.74, 6) is -0.779. The third-order valence-corrected chi connectivity index (χ3v) is 13.8. The maximum Gasteiger partial charge on any atom is 0.472 e. The summed E-state index contributed by atoms with van der Waals surface area (Å²) < 4.78 is 34.5. The van der Waals surface area contributed by atoms with E-state index in [-0.39, 0.29) is 25.6 Å². The van der Waals surface area contributed by atoms with Gasteiger partial charge in [0, 0.05) is 12.8 Å². The first-order chi connectivity index (χ1) is 32.0. The molecule has 9 nitrogen and oxygen atoms in total. The predicted octanol–water partition coefficient (Wildman–Crippen LogP) is 17.3. The van der Waals surface area contributed by atoms with E-state index in [2.05, 4.69) is 26.0 Å². The van der Waals surface area contributed by atoms with Crippen LogP contribution in [-0.4, -0.2) is 74.9 Å². The molecule has 0 spiro atoms. The average Bonchev–Trinajstić information content (AvgIpc) is 3.27. The van der Waals surface area contributed by atoms with Crippen molar-refractivity contribution in [3.8, 4) is 0 Å². The number of ether oxygens (including phenoxy) is 2. The SMILES string of the molecule is CCCCCCCCCC/C=C\CCCCCCCCCCCCCCCCCC(=O)OC(COC(=O)CCCCCCCCCCCCCCCCC)COP(=O)(O)OCC[N+](C)(C)C. The Balaban J connectivity index is 4.08. The van der Waals surface area contributed by atoms with Gasteiger partial charge in [-0.25, -0.2) is 4.57 Å². The number of phosphoric ester groups is 1. The lowest BCUT2D eigenvalue weighted by molar-refractivity contribution is -0.870. The zero-order valence-corrected chi connectivity index (χ0v) is 45.4. The summed E-state index contributed by atoms with van der Waals surface area (Å²) in [5.41, 5.74) is 0.